The first-order chi connectivity index (χ1) is 19.9. The fraction of sp³-hybridized carbons (Fsp3) is 0.100. The number of hydrogen-bond acceptors (Lipinski definition) is 9. The Bertz CT molecular complexity index is 2010. The molecule has 204 valence electrons. The molecule has 0 saturated carbocycles. The van der Waals surface area contributed by atoms with Gasteiger partial charge in [0.05, 0.1) is 30.0 Å². The minimum Gasteiger partial charge on any atom is -0.493 e. The maximum absolute atomic E-state index is 13.4. The smallest absolute Gasteiger partial charge is 0.308 e. The average molecular weight is 566 g/mol. The van der Waals surface area contributed by atoms with Crippen LogP contribution in [0.5, 0.6) is 17.2 Å². The van der Waals surface area contributed by atoms with E-state index in [0.29, 0.717) is 43.8 Å². The molecule has 0 aliphatic heterocycles. The van der Waals surface area contributed by atoms with E-state index in [1.54, 1.807) is 49.2 Å². The van der Waals surface area contributed by atoms with Crippen LogP contribution in [0.2, 0.25) is 0 Å². The van der Waals surface area contributed by atoms with Crippen LogP contribution in [0.1, 0.15) is 12.5 Å². The number of benzene rings is 3. The van der Waals surface area contributed by atoms with Crippen LogP contribution in [-0.2, 0) is 4.79 Å². The van der Waals surface area contributed by atoms with Crippen molar-refractivity contribution in [1.82, 2.24) is 24.4 Å². The molecular formula is C30H23N5O5S. The normalized spacial score (nSPS) is 11.6. The molecule has 11 heteroatoms. The highest BCUT2D eigenvalue weighted by atomic mass is 32.1. The van der Waals surface area contributed by atoms with Crippen LogP contribution in [0.25, 0.3) is 39.4 Å². The molecule has 0 radical (unpaired) electrons. The second kappa shape index (κ2) is 10.7. The third kappa shape index (κ3) is 4.94. The lowest BCUT2D eigenvalue weighted by Gasteiger charge is -2.09. The minimum absolute atomic E-state index is 0.291. The fourth-order valence-corrected chi connectivity index (χ4v) is 5.30. The molecule has 3 aromatic heterocycles. The van der Waals surface area contributed by atoms with Crippen molar-refractivity contribution in [3.05, 3.63) is 99.4 Å². The Labute approximate surface area is 237 Å². The van der Waals surface area contributed by atoms with Gasteiger partial charge in [-0.05, 0) is 48.5 Å². The van der Waals surface area contributed by atoms with Gasteiger partial charge in [0.2, 0.25) is 4.96 Å². The van der Waals surface area contributed by atoms with E-state index in [1.807, 2.05) is 54.7 Å². The molecule has 0 saturated heterocycles. The molecule has 41 heavy (non-hydrogen) atoms. The summed E-state index contributed by atoms with van der Waals surface area (Å²) in [5.41, 5.74) is 3.24. The summed E-state index contributed by atoms with van der Waals surface area (Å²) < 4.78 is 19.7. The zero-order valence-electron chi connectivity index (χ0n) is 22.3. The number of ether oxygens (including phenoxy) is 3. The minimum atomic E-state index is -0.457. The molecule has 6 aromatic rings. The summed E-state index contributed by atoms with van der Waals surface area (Å²) in [6.45, 7) is 1.32. The van der Waals surface area contributed by atoms with Gasteiger partial charge in [0, 0.05) is 24.2 Å². The lowest BCUT2D eigenvalue weighted by molar-refractivity contribution is -0.131. The summed E-state index contributed by atoms with van der Waals surface area (Å²) >= 11 is 1.21. The Kier molecular flexibility index (Phi) is 6.78. The molecule has 0 aliphatic carbocycles. The number of fused-ring (bicyclic) bond motifs is 1. The Hall–Kier alpha value is -5.29. The Balaban J connectivity index is 1.47. The number of para-hydroxylation sites is 2. The van der Waals surface area contributed by atoms with Crippen molar-refractivity contribution < 1.29 is 19.0 Å². The molecule has 10 nitrogen and oxygen atoms in total. The van der Waals surface area contributed by atoms with Gasteiger partial charge in [0.25, 0.3) is 5.56 Å². The molecular weight excluding hydrogens is 542 g/mol. The van der Waals surface area contributed by atoms with Crippen molar-refractivity contribution in [3.63, 3.8) is 0 Å². The number of carbonyl (C=O) groups excluding carboxylic acids is 1. The molecule has 0 bridgehead atoms. The van der Waals surface area contributed by atoms with Gasteiger partial charge in [-0.3, -0.25) is 9.59 Å². The Morgan fingerprint density at radius 3 is 2.39 bits per heavy atom. The maximum Gasteiger partial charge on any atom is 0.308 e. The van der Waals surface area contributed by atoms with Gasteiger partial charge in [0.1, 0.15) is 11.4 Å². The SMILES string of the molecule is COc1ccc(-c2nn(-c3ccccc3)cc2C=c2sc3nc(-c4ccccc4OC(C)=O)nn3c2=O)cc1OC. The third-order valence-corrected chi connectivity index (χ3v) is 7.23. The molecule has 3 aromatic carbocycles. The van der Waals surface area contributed by atoms with Crippen LogP contribution >= 0.6 is 11.3 Å². The molecule has 0 spiro atoms. The molecule has 0 unspecified atom stereocenters. The standard InChI is InChI=1S/C30H23N5O5S/c1-18(36)40-23-12-8-7-11-22(23)28-31-30-35(33-28)29(37)26(41-30)16-20-17-34(21-9-5-4-6-10-21)32-27(20)19-13-14-24(38-2)25(15-19)39-3/h4-17H,1-3H3. The zero-order chi connectivity index (χ0) is 28.5. The van der Waals surface area contributed by atoms with Crippen molar-refractivity contribution in [2.45, 2.75) is 6.92 Å². The third-order valence-electron chi connectivity index (χ3n) is 6.27. The Morgan fingerprint density at radius 1 is 0.902 bits per heavy atom. The lowest BCUT2D eigenvalue weighted by atomic mass is 10.1. The summed E-state index contributed by atoms with van der Waals surface area (Å²) in [6, 6.07) is 22.2. The average Bonchev–Trinajstić information content (AvgIpc) is 3.68. The van der Waals surface area contributed by atoms with Crippen LogP contribution in [0.15, 0.2) is 83.8 Å². The fourth-order valence-electron chi connectivity index (χ4n) is 4.40. The predicted octanol–water partition coefficient (Wildman–Crippen LogP) is 4.16. The van der Waals surface area contributed by atoms with E-state index in [1.165, 1.54) is 22.8 Å². The molecule has 0 aliphatic rings. The number of esters is 1. The summed E-state index contributed by atoms with van der Waals surface area (Å²) in [6.07, 6.45) is 3.66. The lowest BCUT2D eigenvalue weighted by Crippen LogP contribution is -2.23. The molecule has 0 amide bonds. The van der Waals surface area contributed by atoms with Crippen LogP contribution in [-0.4, -0.2) is 44.6 Å². The van der Waals surface area contributed by atoms with Crippen molar-refractivity contribution in [3.8, 4) is 45.6 Å². The first kappa shape index (κ1) is 26.0. The van der Waals surface area contributed by atoms with Crippen molar-refractivity contribution >= 4 is 28.3 Å². The summed E-state index contributed by atoms with van der Waals surface area (Å²) in [7, 11) is 3.16. The van der Waals surface area contributed by atoms with E-state index in [-0.39, 0.29) is 5.56 Å². The predicted molar refractivity (Wildman–Crippen MR) is 155 cm³/mol. The largest absolute Gasteiger partial charge is 0.493 e. The first-order valence-corrected chi connectivity index (χ1v) is 13.3. The van der Waals surface area contributed by atoms with Gasteiger partial charge in [-0.2, -0.15) is 14.6 Å². The van der Waals surface area contributed by atoms with Crippen LogP contribution in [0, 0.1) is 0 Å². The van der Waals surface area contributed by atoms with E-state index >= 15 is 0 Å². The quantitative estimate of drug-likeness (QED) is 0.210. The van der Waals surface area contributed by atoms with Crippen molar-refractivity contribution in [2.75, 3.05) is 14.2 Å². The summed E-state index contributed by atoms with van der Waals surface area (Å²) in [4.78, 5) is 30.0. The number of methoxy groups -OCH3 is 2. The number of nitrogens with zero attached hydrogens (tertiary/aromatic N) is 5. The molecule has 6 rings (SSSR count). The van der Waals surface area contributed by atoms with E-state index in [9.17, 15) is 9.59 Å². The molecule has 0 N–H and O–H groups in total. The van der Waals surface area contributed by atoms with Gasteiger partial charge in [0.15, 0.2) is 17.3 Å². The van der Waals surface area contributed by atoms with Crippen LogP contribution in [0.4, 0.5) is 0 Å². The van der Waals surface area contributed by atoms with Gasteiger partial charge in [-0.15, -0.1) is 5.10 Å². The van der Waals surface area contributed by atoms with E-state index in [4.69, 9.17) is 19.3 Å². The highest BCUT2D eigenvalue weighted by molar-refractivity contribution is 7.15. The first-order valence-electron chi connectivity index (χ1n) is 12.5. The van der Waals surface area contributed by atoms with E-state index in [0.717, 1.165) is 16.8 Å². The van der Waals surface area contributed by atoms with Gasteiger partial charge >= 0.3 is 5.97 Å². The second-order valence-electron chi connectivity index (χ2n) is 8.92. The van der Waals surface area contributed by atoms with E-state index < -0.39 is 5.97 Å². The monoisotopic (exact) mass is 565 g/mol. The van der Waals surface area contributed by atoms with Gasteiger partial charge in [-0.1, -0.05) is 41.7 Å². The number of aromatic nitrogens is 5. The highest BCUT2D eigenvalue weighted by Gasteiger charge is 2.18. The zero-order valence-corrected chi connectivity index (χ0v) is 23.1. The van der Waals surface area contributed by atoms with Gasteiger partial charge < -0.3 is 14.2 Å². The summed E-state index contributed by atoms with van der Waals surface area (Å²) in [5, 5.41) is 9.28. The number of carbonyl (C=O) groups is 1. The summed E-state index contributed by atoms with van der Waals surface area (Å²) in [5.74, 6) is 1.32. The topological polar surface area (TPSA) is 110 Å². The van der Waals surface area contributed by atoms with Gasteiger partial charge in [-0.25, -0.2) is 4.68 Å². The molecule has 0 atom stereocenters. The Morgan fingerprint density at radius 2 is 1.66 bits per heavy atom. The van der Waals surface area contributed by atoms with Crippen LogP contribution < -0.4 is 24.3 Å². The highest BCUT2D eigenvalue weighted by Crippen LogP contribution is 2.34. The second-order valence-corrected chi connectivity index (χ2v) is 9.93. The van der Waals surface area contributed by atoms with Crippen molar-refractivity contribution in [2.24, 2.45) is 0 Å². The number of hydrogen-bond donors (Lipinski definition) is 0. The maximum atomic E-state index is 13.4. The molecule has 3 heterocycles. The number of thiazole rings is 1. The van der Waals surface area contributed by atoms with Crippen LogP contribution in [0.3, 0.4) is 0 Å². The van der Waals surface area contributed by atoms with E-state index in [2.05, 4.69) is 10.1 Å². The van der Waals surface area contributed by atoms with Crippen molar-refractivity contribution in [1.29, 1.82) is 0 Å². The number of rotatable bonds is 7. The molecule has 0 fully saturated rings.